The number of halogens is 3. The molecule has 2 aromatic rings. The van der Waals surface area contributed by atoms with E-state index in [0.29, 0.717) is 16.3 Å². The van der Waals surface area contributed by atoms with Crippen molar-refractivity contribution in [1.29, 1.82) is 0 Å². The molecule has 0 bridgehead atoms. The van der Waals surface area contributed by atoms with Crippen LogP contribution in [-0.2, 0) is 16.1 Å². The lowest BCUT2D eigenvalue weighted by atomic mass is 10.2. The molecule has 2 aromatic carbocycles. The van der Waals surface area contributed by atoms with Crippen molar-refractivity contribution in [2.75, 3.05) is 7.11 Å². The van der Waals surface area contributed by atoms with Crippen molar-refractivity contribution in [2.45, 2.75) is 6.61 Å². The molecule has 0 saturated carbocycles. The summed E-state index contributed by atoms with van der Waals surface area (Å²) in [5, 5.41) is 0.318. The van der Waals surface area contributed by atoms with E-state index in [1.54, 1.807) is 30.3 Å². The Morgan fingerprint density at radius 2 is 2.09 bits per heavy atom. The number of carbonyl (C=O) groups excluding carboxylic acids is 1. The van der Waals surface area contributed by atoms with E-state index >= 15 is 0 Å². The van der Waals surface area contributed by atoms with Crippen LogP contribution < -0.4 is 4.74 Å². The Labute approximate surface area is 146 Å². The summed E-state index contributed by atoms with van der Waals surface area (Å²) in [5.74, 6) is -0.199. The maximum Gasteiger partial charge on any atom is 0.330 e. The van der Waals surface area contributed by atoms with Gasteiger partial charge in [0, 0.05) is 11.6 Å². The predicted molar refractivity (Wildman–Crippen MR) is 90.9 cm³/mol. The summed E-state index contributed by atoms with van der Waals surface area (Å²) in [6.45, 7) is 0.217. The molecule has 0 aromatic heterocycles. The third-order valence-corrected chi connectivity index (χ3v) is 3.94. The van der Waals surface area contributed by atoms with E-state index < -0.39 is 5.97 Å². The number of rotatable bonds is 5. The van der Waals surface area contributed by atoms with Gasteiger partial charge in [-0.1, -0.05) is 23.7 Å². The molecule has 0 aliphatic rings. The van der Waals surface area contributed by atoms with E-state index in [1.807, 2.05) is 0 Å². The minimum Gasteiger partial charge on any atom is -0.488 e. The summed E-state index contributed by atoms with van der Waals surface area (Å²) in [5.41, 5.74) is 1.50. The van der Waals surface area contributed by atoms with Crippen LogP contribution in [-0.4, -0.2) is 13.1 Å². The lowest BCUT2D eigenvalue weighted by Crippen LogP contribution is -1.97. The lowest BCUT2D eigenvalue weighted by molar-refractivity contribution is -0.134. The van der Waals surface area contributed by atoms with Crippen LogP contribution in [0.15, 0.2) is 46.9 Å². The maximum absolute atomic E-state index is 13.0. The molecule has 0 radical (unpaired) electrons. The number of ether oxygens (including phenoxy) is 2. The largest absolute Gasteiger partial charge is 0.488 e. The van der Waals surface area contributed by atoms with Gasteiger partial charge in [-0.05, 0) is 51.8 Å². The molecule has 3 nitrogen and oxygen atoms in total. The Kier molecular flexibility index (Phi) is 6.19. The van der Waals surface area contributed by atoms with Crippen LogP contribution in [0.3, 0.4) is 0 Å². The third kappa shape index (κ3) is 5.08. The Morgan fingerprint density at radius 3 is 2.74 bits per heavy atom. The number of carbonyl (C=O) groups is 1. The summed E-state index contributed by atoms with van der Waals surface area (Å²) in [6.07, 6.45) is 2.97. The van der Waals surface area contributed by atoms with Gasteiger partial charge in [0.2, 0.25) is 0 Å². The van der Waals surface area contributed by atoms with E-state index in [4.69, 9.17) is 16.3 Å². The van der Waals surface area contributed by atoms with E-state index in [-0.39, 0.29) is 12.4 Å². The van der Waals surface area contributed by atoms with Crippen molar-refractivity contribution in [3.05, 3.63) is 68.9 Å². The first-order valence-corrected chi connectivity index (χ1v) is 7.79. The zero-order valence-corrected chi connectivity index (χ0v) is 14.5. The Balaban J connectivity index is 2.06. The Bertz CT molecular complexity index is 747. The quantitative estimate of drug-likeness (QED) is 0.524. The van der Waals surface area contributed by atoms with Gasteiger partial charge >= 0.3 is 5.97 Å². The molecule has 23 heavy (non-hydrogen) atoms. The molecule has 0 fully saturated rings. The molecule has 0 aliphatic heterocycles. The highest BCUT2D eigenvalue weighted by Gasteiger charge is 2.06. The topological polar surface area (TPSA) is 35.5 Å². The molecule has 0 N–H and O–H groups in total. The zero-order chi connectivity index (χ0) is 16.8. The zero-order valence-electron chi connectivity index (χ0n) is 12.2. The van der Waals surface area contributed by atoms with Crippen molar-refractivity contribution in [2.24, 2.45) is 0 Å². The van der Waals surface area contributed by atoms with Gasteiger partial charge in [-0.25, -0.2) is 9.18 Å². The summed E-state index contributed by atoms with van der Waals surface area (Å²) in [4.78, 5) is 11.1. The molecule has 6 heteroatoms. The Morgan fingerprint density at radius 1 is 1.30 bits per heavy atom. The highest BCUT2D eigenvalue weighted by Crippen LogP contribution is 2.28. The van der Waals surface area contributed by atoms with Gasteiger partial charge in [-0.3, -0.25) is 0 Å². The second-order valence-electron chi connectivity index (χ2n) is 4.57. The van der Waals surface area contributed by atoms with Gasteiger partial charge in [0.25, 0.3) is 0 Å². The van der Waals surface area contributed by atoms with Crippen LogP contribution in [0, 0.1) is 5.82 Å². The van der Waals surface area contributed by atoms with Crippen molar-refractivity contribution < 1.29 is 18.7 Å². The van der Waals surface area contributed by atoms with Crippen LogP contribution in [0.25, 0.3) is 6.08 Å². The van der Waals surface area contributed by atoms with Crippen LogP contribution >= 0.6 is 27.5 Å². The van der Waals surface area contributed by atoms with Gasteiger partial charge in [-0.15, -0.1) is 0 Å². The monoisotopic (exact) mass is 398 g/mol. The van der Waals surface area contributed by atoms with E-state index in [1.165, 1.54) is 25.3 Å². The smallest absolute Gasteiger partial charge is 0.330 e. The summed E-state index contributed by atoms with van der Waals surface area (Å²) < 4.78 is 23.9. The van der Waals surface area contributed by atoms with Gasteiger partial charge in [0.1, 0.15) is 18.2 Å². The highest BCUT2D eigenvalue weighted by molar-refractivity contribution is 9.10. The van der Waals surface area contributed by atoms with Crippen molar-refractivity contribution in [3.63, 3.8) is 0 Å². The Hall–Kier alpha value is -1.85. The van der Waals surface area contributed by atoms with Crippen LogP contribution in [0.1, 0.15) is 11.1 Å². The molecule has 0 atom stereocenters. The molecule has 0 amide bonds. The van der Waals surface area contributed by atoms with Gasteiger partial charge in [0.15, 0.2) is 0 Å². The summed E-state index contributed by atoms with van der Waals surface area (Å²) in [6, 6.07) is 9.53. The number of hydrogen-bond donors (Lipinski definition) is 0. The maximum atomic E-state index is 13.0. The fraction of sp³-hybridized carbons (Fsp3) is 0.118. The number of benzene rings is 2. The van der Waals surface area contributed by atoms with Crippen LogP contribution in [0.2, 0.25) is 5.02 Å². The van der Waals surface area contributed by atoms with E-state index in [0.717, 1.165) is 10.0 Å². The molecule has 0 spiro atoms. The fourth-order valence-corrected chi connectivity index (χ4v) is 2.50. The van der Waals surface area contributed by atoms with Crippen LogP contribution in [0.5, 0.6) is 5.75 Å². The fourth-order valence-electron chi connectivity index (χ4n) is 1.76. The first-order valence-electron chi connectivity index (χ1n) is 6.62. The molecule has 0 aliphatic carbocycles. The molecular weight excluding hydrogens is 387 g/mol. The number of esters is 1. The highest BCUT2D eigenvalue weighted by atomic mass is 79.9. The van der Waals surface area contributed by atoms with Crippen LogP contribution in [0.4, 0.5) is 4.39 Å². The minimum absolute atomic E-state index is 0.217. The normalized spacial score (nSPS) is 10.8. The molecule has 0 unspecified atom stereocenters. The molecule has 120 valence electrons. The SMILES string of the molecule is COC(=O)/C=C/c1ccc(OCc2ccc(F)cc2Cl)c(Br)c1. The number of methoxy groups -OCH3 is 1. The second-order valence-corrected chi connectivity index (χ2v) is 5.83. The molecule has 0 saturated heterocycles. The first-order chi connectivity index (χ1) is 11.0. The van der Waals surface area contributed by atoms with Crippen molar-refractivity contribution in [1.82, 2.24) is 0 Å². The molecular formula is C17H13BrClFO3. The van der Waals surface area contributed by atoms with Gasteiger partial charge in [0.05, 0.1) is 16.6 Å². The number of hydrogen-bond acceptors (Lipinski definition) is 3. The second kappa shape index (κ2) is 8.13. The average Bonchev–Trinajstić information content (AvgIpc) is 2.53. The summed E-state index contributed by atoms with van der Waals surface area (Å²) in [7, 11) is 1.32. The first kappa shape index (κ1) is 17.5. The van der Waals surface area contributed by atoms with Gasteiger partial charge < -0.3 is 9.47 Å². The third-order valence-electron chi connectivity index (χ3n) is 2.97. The lowest BCUT2D eigenvalue weighted by Gasteiger charge is -2.10. The van der Waals surface area contributed by atoms with E-state index in [2.05, 4.69) is 20.7 Å². The standard InChI is InChI=1S/C17H13BrClFO3/c1-22-17(21)7-3-11-2-6-16(14(18)8-11)23-10-12-4-5-13(20)9-15(12)19/h2-9H,10H2,1H3/b7-3+. The minimum atomic E-state index is -0.424. The molecule has 2 rings (SSSR count). The predicted octanol–water partition coefficient (Wildman–Crippen LogP) is 5.01. The average molecular weight is 400 g/mol. The van der Waals surface area contributed by atoms with E-state index in [9.17, 15) is 9.18 Å². The summed E-state index contributed by atoms with van der Waals surface area (Å²) >= 11 is 9.37. The van der Waals surface area contributed by atoms with Gasteiger partial charge in [-0.2, -0.15) is 0 Å². The van der Waals surface area contributed by atoms with Crippen molar-refractivity contribution in [3.8, 4) is 5.75 Å². The van der Waals surface area contributed by atoms with Crippen molar-refractivity contribution >= 4 is 39.6 Å². The molecule has 0 heterocycles.